The molecular formula is C11H12BrF2NO4S. The molecule has 0 radical (unpaired) electrons. The molecule has 0 heterocycles. The van der Waals surface area contributed by atoms with Gasteiger partial charge in [-0.2, -0.15) is 4.31 Å². The van der Waals surface area contributed by atoms with E-state index >= 15 is 0 Å². The van der Waals surface area contributed by atoms with Gasteiger partial charge >= 0.3 is 5.97 Å². The number of carboxylic acids is 1. The van der Waals surface area contributed by atoms with Gasteiger partial charge in [0.2, 0.25) is 10.0 Å². The Balaban J connectivity index is 3.17. The maximum absolute atomic E-state index is 13.7. The molecule has 0 saturated carbocycles. The molecule has 1 atom stereocenters. The lowest BCUT2D eigenvalue weighted by molar-refractivity contribution is -0.141. The number of hydrogen-bond acceptors (Lipinski definition) is 3. The average Bonchev–Trinajstić information content (AvgIpc) is 2.33. The predicted octanol–water partition coefficient (Wildman–Crippen LogP) is 2.07. The van der Waals surface area contributed by atoms with Crippen LogP contribution in [0.3, 0.4) is 0 Å². The molecule has 0 spiro atoms. The van der Waals surface area contributed by atoms with Crippen molar-refractivity contribution in [3.63, 3.8) is 0 Å². The highest BCUT2D eigenvalue weighted by molar-refractivity contribution is 9.10. The van der Waals surface area contributed by atoms with Crippen LogP contribution in [-0.2, 0) is 14.8 Å². The number of aliphatic carboxylic acids is 1. The third-order valence-corrected chi connectivity index (χ3v) is 5.06. The zero-order chi connectivity index (χ0) is 15.7. The van der Waals surface area contributed by atoms with Gasteiger partial charge in [0.05, 0.1) is 10.4 Å². The maximum atomic E-state index is 13.7. The van der Waals surface area contributed by atoms with Crippen LogP contribution in [0.15, 0.2) is 21.5 Å². The van der Waals surface area contributed by atoms with Crippen molar-refractivity contribution in [2.24, 2.45) is 5.92 Å². The summed E-state index contributed by atoms with van der Waals surface area (Å²) < 4.78 is 51.7. The van der Waals surface area contributed by atoms with Gasteiger partial charge in [-0.1, -0.05) is 6.92 Å². The van der Waals surface area contributed by atoms with Crippen molar-refractivity contribution < 1.29 is 27.1 Å². The van der Waals surface area contributed by atoms with Gasteiger partial charge in [0.25, 0.3) is 0 Å². The van der Waals surface area contributed by atoms with Crippen molar-refractivity contribution in [2.45, 2.75) is 11.8 Å². The second-order valence-electron chi connectivity index (χ2n) is 4.22. The minimum Gasteiger partial charge on any atom is -0.481 e. The van der Waals surface area contributed by atoms with Crippen LogP contribution < -0.4 is 0 Å². The van der Waals surface area contributed by atoms with E-state index in [-0.39, 0.29) is 11.0 Å². The van der Waals surface area contributed by atoms with E-state index in [1.54, 1.807) is 0 Å². The number of sulfonamides is 1. The van der Waals surface area contributed by atoms with E-state index in [0.29, 0.717) is 16.4 Å². The summed E-state index contributed by atoms with van der Waals surface area (Å²) in [6.45, 7) is 0.960. The fourth-order valence-electron chi connectivity index (χ4n) is 1.43. The summed E-state index contributed by atoms with van der Waals surface area (Å²) in [4.78, 5) is 9.87. The van der Waals surface area contributed by atoms with Gasteiger partial charge in [0.15, 0.2) is 0 Å². The van der Waals surface area contributed by atoms with Crippen LogP contribution in [0.25, 0.3) is 0 Å². The molecule has 0 aliphatic heterocycles. The first kappa shape index (κ1) is 17.0. The van der Waals surface area contributed by atoms with Gasteiger partial charge in [-0.3, -0.25) is 4.79 Å². The van der Waals surface area contributed by atoms with Crippen molar-refractivity contribution in [2.75, 3.05) is 13.6 Å². The van der Waals surface area contributed by atoms with Crippen LogP contribution in [0, 0.1) is 17.6 Å². The molecule has 1 aromatic carbocycles. The minimum absolute atomic E-state index is 0.199. The molecule has 0 saturated heterocycles. The smallest absolute Gasteiger partial charge is 0.307 e. The van der Waals surface area contributed by atoms with Crippen LogP contribution in [0.2, 0.25) is 0 Å². The number of halogens is 3. The standard InChI is InChI=1S/C11H12BrF2NO4S/c1-6(11(16)17)5-15(2)20(18,19)10-4-8(13)7(12)3-9(10)14/h3-4,6H,5H2,1-2H3,(H,16,17). The quantitative estimate of drug-likeness (QED) is 0.804. The van der Waals surface area contributed by atoms with E-state index in [4.69, 9.17) is 5.11 Å². The van der Waals surface area contributed by atoms with Crippen LogP contribution in [0.5, 0.6) is 0 Å². The van der Waals surface area contributed by atoms with E-state index in [9.17, 15) is 22.0 Å². The van der Waals surface area contributed by atoms with Crippen molar-refractivity contribution in [3.8, 4) is 0 Å². The fourth-order valence-corrected chi connectivity index (χ4v) is 3.06. The molecule has 112 valence electrons. The van der Waals surface area contributed by atoms with Gasteiger partial charge in [-0.25, -0.2) is 17.2 Å². The molecule has 5 nitrogen and oxygen atoms in total. The second-order valence-corrected chi connectivity index (χ2v) is 7.09. The molecule has 1 N–H and O–H groups in total. The molecule has 0 aliphatic rings. The first-order valence-corrected chi connectivity index (χ1v) is 7.64. The number of carbonyl (C=O) groups is 1. The number of rotatable bonds is 5. The molecule has 0 fully saturated rings. The van der Waals surface area contributed by atoms with Gasteiger partial charge < -0.3 is 5.11 Å². The van der Waals surface area contributed by atoms with Crippen molar-refractivity contribution in [1.82, 2.24) is 4.31 Å². The normalized spacial score (nSPS) is 13.5. The Morgan fingerprint density at radius 1 is 1.40 bits per heavy atom. The van der Waals surface area contributed by atoms with Crippen LogP contribution in [-0.4, -0.2) is 37.4 Å². The molecule has 20 heavy (non-hydrogen) atoms. The Hall–Kier alpha value is -1.06. The number of hydrogen-bond donors (Lipinski definition) is 1. The summed E-state index contributed by atoms with van der Waals surface area (Å²) in [6.07, 6.45) is 0. The third-order valence-electron chi connectivity index (χ3n) is 2.62. The fraction of sp³-hybridized carbons (Fsp3) is 0.364. The van der Waals surface area contributed by atoms with Gasteiger partial charge in [0, 0.05) is 13.6 Å². The molecule has 1 aromatic rings. The monoisotopic (exact) mass is 371 g/mol. The maximum Gasteiger partial charge on any atom is 0.307 e. The summed E-state index contributed by atoms with van der Waals surface area (Å²) in [5.74, 6) is -4.20. The lowest BCUT2D eigenvalue weighted by Gasteiger charge is -2.19. The van der Waals surface area contributed by atoms with Gasteiger partial charge in [-0.15, -0.1) is 0 Å². The van der Waals surface area contributed by atoms with Gasteiger partial charge in [0.1, 0.15) is 16.5 Å². The molecule has 9 heteroatoms. The first-order chi connectivity index (χ1) is 9.07. The van der Waals surface area contributed by atoms with Gasteiger partial charge in [-0.05, 0) is 28.1 Å². The minimum atomic E-state index is -4.30. The van der Waals surface area contributed by atoms with E-state index in [2.05, 4.69) is 15.9 Å². The molecule has 1 unspecified atom stereocenters. The first-order valence-electron chi connectivity index (χ1n) is 5.41. The Bertz CT molecular complexity index is 636. The zero-order valence-electron chi connectivity index (χ0n) is 10.6. The molecular weight excluding hydrogens is 360 g/mol. The van der Waals surface area contributed by atoms with Crippen LogP contribution >= 0.6 is 15.9 Å². The summed E-state index contributed by atoms with van der Waals surface area (Å²) >= 11 is 2.74. The summed E-state index contributed by atoms with van der Waals surface area (Å²) in [5.41, 5.74) is 0. The van der Waals surface area contributed by atoms with E-state index in [1.165, 1.54) is 6.92 Å². The topological polar surface area (TPSA) is 74.7 Å². The average molecular weight is 372 g/mol. The van der Waals surface area contributed by atoms with E-state index in [1.807, 2.05) is 0 Å². The van der Waals surface area contributed by atoms with Crippen LogP contribution in [0.1, 0.15) is 6.92 Å². The Morgan fingerprint density at radius 3 is 2.45 bits per heavy atom. The largest absolute Gasteiger partial charge is 0.481 e. The number of carboxylic acid groups (broad SMARTS) is 1. The second kappa shape index (κ2) is 6.15. The summed E-state index contributed by atoms with van der Waals surface area (Å²) in [5, 5.41) is 8.74. The molecule has 0 bridgehead atoms. The Labute approximate surface area is 123 Å². The summed E-state index contributed by atoms with van der Waals surface area (Å²) in [7, 11) is -3.20. The predicted molar refractivity (Wildman–Crippen MR) is 70.7 cm³/mol. The van der Waals surface area contributed by atoms with Crippen molar-refractivity contribution in [1.29, 1.82) is 0 Å². The number of benzene rings is 1. The zero-order valence-corrected chi connectivity index (χ0v) is 13.0. The third kappa shape index (κ3) is 3.53. The molecule has 0 amide bonds. The van der Waals surface area contributed by atoms with E-state index in [0.717, 1.165) is 7.05 Å². The highest BCUT2D eigenvalue weighted by Gasteiger charge is 2.28. The van der Waals surface area contributed by atoms with Crippen LogP contribution in [0.4, 0.5) is 8.78 Å². The summed E-state index contributed by atoms with van der Waals surface area (Å²) in [6, 6.07) is 1.26. The highest BCUT2D eigenvalue weighted by Crippen LogP contribution is 2.25. The highest BCUT2D eigenvalue weighted by atomic mass is 79.9. The van der Waals surface area contributed by atoms with E-state index < -0.39 is 38.4 Å². The molecule has 0 aliphatic carbocycles. The molecule has 0 aromatic heterocycles. The Morgan fingerprint density at radius 2 is 1.95 bits per heavy atom. The lowest BCUT2D eigenvalue weighted by atomic mass is 10.2. The van der Waals surface area contributed by atoms with Crippen molar-refractivity contribution >= 4 is 31.9 Å². The lowest BCUT2D eigenvalue weighted by Crippen LogP contribution is -2.34. The number of nitrogens with zero attached hydrogens (tertiary/aromatic N) is 1. The molecule has 1 rings (SSSR count). The Kier molecular flexibility index (Phi) is 5.22. The van der Waals surface area contributed by atoms with Crippen molar-refractivity contribution in [3.05, 3.63) is 28.2 Å². The SMILES string of the molecule is CC(CN(C)S(=O)(=O)c1cc(F)c(Br)cc1F)C(=O)O.